The normalized spacial score (nSPS) is 15.8. The van der Waals surface area contributed by atoms with E-state index in [1.54, 1.807) is 0 Å². The zero-order chi connectivity index (χ0) is 19.8. The molecule has 1 aliphatic heterocycles. The van der Waals surface area contributed by atoms with Crippen molar-refractivity contribution in [2.75, 3.05) is 44.2 Å². The largest absolute Gasteiger partial charge is 0.371 e. The van der Waals surface area contributed by atoms with E-state index in [9.17, 15) is 0 Å². The summed E-state index contributed by atoms with van der Waals surface area (Å²) in [7, 11) is 0. The Balaban J connectivity index is 0.00000300. The van der Waals surface area contributed by atoms with Crippen molar-refractivity contribution in [3.8, 4) is 0 Å². The van der Waals surface area contributed by atoms with Crippen LogP contribution in [0.5, 0.6) is 0 Å². The Hall–Kier alpha value is -1.95. The number of guanidine groups is 1. The third-order valence-electron chi connectivity index (χ3n) is 4.52. The highest BCUT2D eigenvalue weighted by molar-refractivity contribution is 14.0. The molecule has 1 fully saturated rings. The summed E-state index contributed by atoms with van der Waals surface area (Å²) in [6, 6.07) is 6.00. The van der Waals surface area contributed by atoms with E-state index in [-0.39, 0.29) is 30.1 Å². The predicted molar refractivity (Wildman–Crippen MR) is 123 cm³/mol. The molecular formula is C19H30IN7O2. The van der Waals surface area contributed by atoms with Gasteiger partial charge in [-0.15, -0.1) is 24.0 Å². The monoisotopic (exact) mass is 515 g/mol. The van der Waals surface area contributed by atoms with Gasteiger partial charge in [-0.25, -0.2) is 9.98 Å². The number of ether oxygens (including phenoxy) is 1. The number of aromatic nitrogens is 3. The Morgan fingerprint density at radius 1 is 1.28 bits per heavy atom. The molecule has 1 aliphatic rings. The molecule has 0 aliphatic carbocycles. The van der Waals surface area contributed by atoms with Gasteiger partial charge < -0.3 is 24.4 Å². The fourth-order valence-electron chi connectivity index (χ4n) is 3.08. The molecule has 1 N–H and O–H groups in total. The number of halogens is 1. The van der Waals surface area contributed by atoms with Gasteiger partial charge in [0.2, 0.25) is 5.89 Å². The maximum absolute atomic E-state index is 5.50. The molecule has 160 valence electrons. The second-order valence-electron chi connectivity index (χ2n) is 6.48. The van der Waals surface area contributed by atoms with E-state index in [1.165, 1.54) is 0 Å². The first-order valence-electron chi connectivity index (χ1n) is 9.84. The molecule has 0 amide bonds. The molecule has 0 saturated carbocycles. The van der Waals surface area contributed by atoms with Crippen LogP contribution in [0, 0.1) is 0 Å². The van der Waals surface area contributed by atoms with Crippen molar-refractivity contribution in [3.63, 3.8) is 0 Å². The van der Waals surface area contributed by atoms with Crippen molar-refractivity contribution >= 4 is 35.8 Å². The number of anilines is 1. The second kappa shape index (κ2) is 11.9. The zero-order valence-electron chi connectivity index (χ0n) is 17.2. The summed E-state index contributed by atoms with van der Waals surface area (Å²) in [6.07, 6.45) is 1.65. The maximum atomic E-state index is 5.50. The molecule has 3 rings (SSSR count). The number of piperazine rings is 1. The molecule has 10 heteroatoms. The quantitative estimate of drug-likeness (QED) is 0.342. The molecule has 1 saturated heterocycles. The van der Waals surface area contributed by atoms with Gasteiger partial charge in [-0.2, -0.15) is 4.98 Å². The molecule has 2 aromatic heterocycles. The van der Waals surface area contributed by atoms with Crippen molar-refractivity contribution in [3.05, 3.63) is 36.1 Å². The van der Waals surface area contributed by atoms with Crippen LogP contribution in [0.25, 0.3) is 0 Å². The van der Waals surface area contributed by atoms with Crippen molar-refractivity contribution < 1.29 is 9.26 Å². The third kappa shape index (κ3) is 6.53. The standard InChI is InChI=1S/C19H29N7O2.HI/c1-4-20-19(22-14-17-23-18(24-28-17)15(3)27-5-2)26-12-10-25(11-13-26)16-8-6-7-9-21-16;/h6-9,15H,4-5,10-14H2,1-3H3,(H,20,22);1H. The molecule has 9 nitrogen and oxygen atoms in total. The van der Waals surface area contributed by atoms with Crippen LogP contribution in [0.1, 0.15) is 38.6 Å². The van der Waals surface area contributed by atoms with Gasteiger partial charge in [0.25, 0.3) is 0 Å². The van der Waals surface area contributed by atoms with Gasteiger partial charge in [0.15, 0.2) is 11.8 Å². The van der Waals surface area contributed by atoms with Crippen LogP contribution in [-0.4, -0.2) is 65.3 Å². The SMILES string of the molecule is CCNC(=NCc1nc(C(C)OCC)no1)N1CCN(c2ccccn2)CC1.I. The average Bonchev–Trinajstić information content (AvgIpc) is 3.21. The summed E-state index contributed by atoms with van der Waals surface area (Å²) < 4.78 is 10.8. The summed E-state index contributed by atoms with van der Waals surface area (Å²) in [6.45, 7) is 11.2. The number of nitrogens with zero attached hydrogens (tertiary/aromatic N) is 6. The van der Waals surface area contributed by atoms with Crippen LogP contribution < -0.4 is 10.2 Å². The highest BCUT2D eigenvalue weighted by Gasteiger charge is 2.21. The lowest BCUT2D eigenvalue weighted by atomic mass is 10.3. The van der Waals surface area contributed by atoms with E-state index in [0.29, 0.717) is 24.9 Å². The number of nitrogens with one attached hydrogen (secondary N) is 1. The minimum Gasteiger partial charge on any atom is -0.371 e. The topological polar surface area (TPSA) is 91.9 Å². The first kappa shape index (κ1) is 23.3. The van der Waals surface area contributed by atoms with Crippen LogP contribution in [0.15, 0.2) is 33.9 Å². The fraction of sp³-hybridized carbons (Fsp3) is 0.579. The van der Waals surface area contributed by atoms with E-state index in [4.69, 9.17) is 9.26 Å². The van der Waals surface area contributed by atoms with Crippen LogP contribution in [0.4, 0.5) is 5.82 Å². The summed E-state index contributed by atoms with van der Waals surface area (Å²) in [5.74, 6) is 2.93. The first-order chi connectivity index (χ1) is 13.7. The fourth-order valence-corrected chi connectivity index (χ4v) is 3.08. The Labute approximate surface area is 188 Å². The Morgan fingerprint density at radius 3 is 2.72 bits per heavy atom. The minimum atomic E-state index is -0.181. The number of pyridine rings is 1. The molecule has 1 unspecified atom stereocenters. The Morgan fingerprint density at radius 2 is 2.07 bits per heavy atom. The number of hydrogen-bond acceptors (Lipinski definition) is 7. The summed E-state index contributed by atoms with van der Waals surface area (Å²) in [5, 5.41) is 7.34. The highest BCUT2D eigenvalue weighted by Crippen LogP contribution is 2.14. The van der Waals surface area contributed by atoms with E-state index in [2.05, 4.69) is 42.2 Å². The van der Waals surface area contributed by atoms with Crippen molar-refractivity contribution in [1.29, 1.82) is 0 Å². The zero-order valence-corrected chi connectivity index (χ0v) is 19.6. The van der Waals surface area contributed by atoms with Crippen molar-refractivity contribution in [2.45, 2.75) is 33.4 Å². The van der Waals surface area contributed by atoms with E-state index >= 15 is 0 Å². The average molecular weight is 515 g/mol. The maximum Gasteiger partial charge on any atom is 0.248 e. The molecule has 1 atom stereocenters. The molecule has 2 aromatic rings. The van der Waals surface area contributed by atoms with Gasteiger partial charge in [-0.05, 0) is 32.9 Å². The number of aliphatic imine (C=N–C) groups is 1. The van der Waals surface area contributed by atoms with Crippen molar-refractivity contribution in [2.24, 2.45) is 4.99 Å². The van der Waals surface area contributed by atoms with Gasteiger partial charge in [0.05, 0.1) is 0 Å². The van der Waals surface area contributed by atoms with Gasteiger partial charge >= 0.3 is 0 Å². The summed E-state index contributed by atoms with van der Waals surface area (Å²) >= 11 is 0. The van der Waals surface area contributed by atoms with Crippen LogP contribution in [-0.2, 0) is 11.3 Å². The molecular weight excluding hydrogens is 485 g/mol. The Kier molecular flexibility index (Phi) is 9.58. The van der Waals surface area contributed by atoms with Crippen molar-refractivity contribution in [1.82, 2.24) is 25.3 Å². The molecule has 0 radical (unpaired) electrons. The molecule has 29 heavy (non-hydrogen) atoms. The Bertz CT molecular complexity index is 748. The van der Waals surface area contributed by atoms with Crippen LogP contribution >= 0.6 is 24.0 Å². The van der Waals surface area contributed by atoms with Gasteiger partial charge in [0.1, 0.15) is 18.5 Å². The predicted octanol–water partition coefficient (Wildman–Crippen LogP) is 2.47. The second-order valence-corrected chi connectivity index (χ2v) is 6.48. The van der Waals surface area contributed by atoms with Gasteiger partial charge in [-0.3, -0.25) is 0 Å². The molecule has 0 bridgehead atoms. The summed E-state index contributed by atoms with van der Waals surface area (Å²) in [5.41, 5.74) is 0. The van der Waals surface area contributed by atoms with E-state index < -0.39 is 0 Å². The number of rotatable bonds is 7. The van der Waals surface area contributed by atoms with Crippen LogP contribution in [0.2, 0.25) is 0 Å². The lowest BCUT2D eigenvalue weighted by molar-refractivity contribution is 0.0683. The number of hydrogen-bond donors (Lipinski definition) is 1. The lowest BCUT2D eigenvalue weighted by Crippen LogP contribution is -2.52. The third-order valence-corrected chi connectivity index (χ3v) is 4.52. The lowest BCUT2D eigenvalue weighted by Gasteiger charge is -2.37. The molecule has 0 spiro atoms. The summed E-state index contributed by atoms with van der Waals surface area (Å²) in [4.78, 5) is 18.1. The van der Waals surface area contributed by atoms with Crippen LogP contribution in [0.3, 0.4) is 0 Å². The van der Waals surface area contributed by atoms with Gasteiger partial charge in [-0.1, -0.05) is 11.2 Å². The minimum absolute atomic E-state index is 0. The first-order valence-corrected chi connectivity index (χ1v) is 9.84. The molecule has 0 aromatic carbocycles. The smallest absolute Gasteiger partial charge is 0.248 e. The van der Waals surface area contributed by atoms with Gasteiger partial charge in [0, 0.05) is 45.5 Å². The van der Waals surface area contributed by atoms with E-state index in [0.717, 1.165) is 44.5 Å². The van der Waals surface area contributed by atoms with E-state index in [1.807, 2.05) is 38.2 Å². The highest BCUT2D eigenvalue weighted by atomic mass is 127. The molecule has 3 heterocycles.